The Balaban J connectivity index is 1.44. The minimum absolute atomic E-state index is 0.188. The topological polar surface area (TPSA) is 75.1 Å². The summed E-state index contributed by atoms with van der Waals surface area (Å²) in [6.07, 6.45) is -1.05. The molecule has 2 aliphatic heterocycles. The Hall–Kier alpha value is -3.30. The van der Waals surface area contributed by atoms with Crippen LogP contribution in [0, 0.1) is 11.8 Å². The van der Waals surface area contributed by atoms with E-state index in [1.807, 2.05) is 36.2 Å². The number of rotatable bonds is 4. The van der Waals surface area contributed by atoms with E-state index in [9.17, 15) is 23.4 Å². The van der Waals surface area contributed by atoms with Crippen LogP contribution in [-0.2, 0) is 17.4 Å². The van der Waals surface area contributed by atoms with Gasteiger partial charge in [-0.2, -0.15) is 13.2 Å². The number of aliphatic hydroxyl groups excluding tert-OH is 1. The van der Waals surface area contributed by atoms with Crippen molar-refractivity contribution >= 4 is 5.69 Å². The first kappa shape index (κ1) is 24.7. The predicted octanol–water partition coefficient (Wildman–Crippen LogP) is 4.98. The maximum atomic E-state index is 13.5. The number of halogens is 3. The summed E-state index contributed by atoms with van der Waals surface area (Å²) in [7, 11) is 1.92. The molecular formula is C30H29F3N2O4. The van der Waals surface area contributed by atoms with Crippen molar-refractivity contribution in [1.82, 2.24) is 4.98 Å². The number of benzene rings is 2. The number of hydrogen-bond donors (Lipinski definition) is 2. The Labute approximate surface area is 224 Å². The van der Waals surface area contributed by atoms with Crippen molar-refractivity contribution in [3.05, 3.63) is 83.0 Å². The number of aliphatic hydroxyl groups is 2. The van der Waals surface area contributed by atoms with Crippen LogP contribution in [-0.4, -0.2) is 41.5 Å². The number of anilines is 1. The van der Waals surface area contributed by atoms with Gasteiger partial charge in [0, 0.05) is 37.3 Å². The van der Waals surface area contributed by atoms with Crippen LogP contribution in [0.4, 0.5) is 18.9 Å². The van der Waals surface area contributed by atoms with Crippen molar-refractivity contribution in [2.75, 3.05) is 25.1 Å². The fourth-order valence-electron chi connectivity index (χ4n) is 7.16. The molecule has 0 radical (unpaired) electrons. The number of pyridine rings is 1. The SMILES string of the molecule is CN1C[C@H]2[C@@H](O)[C@@]3(O)c4c(ccnc4OCC4CCC4)O[C@@]3(c3ccc(C(F)(F)F)cc3)[C@@H]2c2cccc1c2. The molecule has 5 atom stereocenters. The summed E-state index contributed by atoms with van der Waals surface area (Å²) in [6, 6.07) is 14.1. The predicted molar refractivity (Wildman–Crippen MR) is 137 cm³/mol. The van der Waals surface area contributed by atoms with Gasteiger partial charge in [0.15, 0.2) is 11.2 Å². The molecule has 2 bridgehead atoms. The second kappa shape index (κ2) is 8.35. The minimum Gasteiger partial charge on any atom is -0.478 e. The molecule has 2 fully saturated rings. The third-order valence-electron chi connectivity index (χ3n) is 9.27. The molecule has 0 spiro atoms. The van der Waals surface area contributed by atoms with Crippen molar-refractivity contribution < 1.29 is 32.9 Å². The van der Waals surface area contributed by atoms with Gasteiger partial charge in [-0.25, -0.2) is 4.98 Å². The fourth-order valence-corrected chi connectivity index (χ4v) is 7.16. The zero-order valence-corrected chi connectivity index (χ0v) is 21.4. The second-order valence-corrected chi connectivity index (χ2v) is 11.3. The number of alkyl halides is 3. The molecule has 0 amide bonds. The van der Waals surface area contributed by atoms with Crippen LogP contribution in [0.15, 0.2) is 60.8 Å². The zero-order chi connectivity index (χ0) is 27.2. The van der Waals surface area contributed by atoms with Gasteiger partial charge in [-0.1, -0.05) is 30.7 Å². The molecule has 2 aromatic carbocycles. The number of hydrogen-bond acceptors (Lipinski definition) is 6. The van der Waals surface area contributed by atoms with Crippen LogP contribution >= 0.6 is 0 Å². The molecule has 0 saturated heterocycles. The van der Waals surface area contributed by atoms with Crippen LogP contribution in [0.2, 0.25) is 0 Å². The summed E-state index contributed by atoms with van der Waals surface area (Å²) in [5, 5.41) is 24.8. The van der Waals surface area contributed by atoms with Gasteiger partial charge in [0.25, 0.3) is 0 Å². The lowest BCUT2D eigenvalue weighted by molar-refractivity contribution is -0.152. The van der Waals surface area contributed by atoms with Gasteiger partial charge in [-0.15, -0.1) is 0 Å². The average molecular weight is 539 g/mol. The van der Waals surface area contributed by atoms with E-state index in [-0.39, 0.29) is 11.4 Å². The molecule has 2 aliphatic carbocycles. The summed E-state index contributed by atoms with van der Waals surface area (Å²) in [4.78, 5) is 6.45. The van der Waals surface area contributed by atoms with Gasteiger partial charge in [-0.05, 0) is 60.2 Å². The summed E-state index contributed by atoms with van der Waals surface area (Å²) in [6.45, 7) is 0.835. The van der Waals surface area contributed by atoms with Crippen LogP contribution in [0.3, 0.4) is 0 Å². The number of aromatic nitrogens is 1. The molecule has 39 heavy (non-hydrogen) atoms. The Bertz CT molecular complexity index is 1430. The molecule has 204 valence electrons. The first-order chi connectivity index (χ1) is 18.6. The van der Waals surface area contributed by atoms with Gasteiger partial charge >= 0.3 is 6.18 Å². The molecule has 1 aromatic heterocycles. The molecule has 3 aromatic rings. The molecular weight excluding hydrogens is 509 g/mol. The minimum atomic E-state index is -4.52. The maximum absolute atomic E-state index is 13.5. The summed E-state index contributed by atoms with van der Waals surface area (Å²) < 4.78 is 53.4. The number of ether oxygens (including phenoxy) is 2. The zero-order valence-electron chi connectivity index (χ0n) is 21.4. The summed E-state index contributed by atoms with van der Waals surface area (Å²) >= 11 is 0. The summed E-state index contributed by atoms with van der Waals surface area (Å²) in [5.41, 5.74) is -2.08. The van der Waals surface area contributed by atoms with Gasteiger partial charge in [0.1, 0.15) is 5.75 Å². The lowest BCUT2D eigenvalue weighted by Crippen LogP contribution is -2.52. The standard InChI is InChI=1S/C30H29F3N2O4/c1-35-15-22-24(18-6-3-7-21(35)14-18)29(19-8-10-20(11-9-19)30(31,32)33)28(37,26(22)36)25-23(39-29)12-13-34-27(25)38-16-17-4-2-5-17/h3,6-14,17,22,24,26,36-37H,2,4-5,15-16H2,1H3/t22-,24-,26-,28+,29+/m1/s1. The maximum Gasteiger partial charge on any atom is 0.416 e. The third-order valence-corrected chi connectivity index (χ3v) is 9.27. The third kappa shape index (κ3) is 3.32. The monoisotopic (exact) mass is 538 g/mol. The van der Waals surface area contributed by atoms with Crippen LogP contribution in [0.5, 0.6) is 11.6 Å². The highest BCUT2D eigenvalue weighted by Gasteiger charge is 2.77. The largest absolute Gasteiger partial charge is 0.478 e. The second-order valence-electron chi connectivity index (χ2n) is 11.3. The molecule has 9 heteroatoms. The normalized spacial score (nSPS) is 31.0. The van der Waals surface area contributed by atoms with E-state index in [1.165, 1.54) is 18.3 Å². The lowest BCUT2D eigenvalue weighted by atomic mass is 9.71. The Morgan fingerprint density at radius 2 is 1.90 bits per heavy atom. The highest BCUT2D eigenvalue weighted by Crippen LogP contribution is 2.70. The number of nitrogens with zero attached hydrogens (tertiary/aromatic N) is 2. The van der Waals surface area contributed by atoms with Gasteiger partial charge in [0.2, 0.25) is 5.88 Å². The van der Waals surface area contributed by atoms with E-state index in [0.29, 0.717) is 30.4 Å². The first-order valence-corrected chi connectivity index (χ1v) is 13.3. The van der Waals surface area contributed by atoms with Gasteiger partial charge in [-0.3, -0.25) is 0 Å². The summed E-state index contributed by atoms with van der Waals surface area (Å²) in [5.74, 6) is -0.188. The highest BCUT2D eigenvalue weighted by atomic mass is 19.4. The van der Waals surface area contributed by atoms with E-state index in [0.717, 1.165) is 42.6 Å². The van der Waals surface area contributed by atoms with E-state index >= 15 is 0 Å². The number of fused-ring (bicyclic) bond motifs is 8. The smallest absolute Gasteiger partial charge is 0.416 e. The van der Waals surface area contributed by atoms with Crippen LogP contribution in [0.25, 0.3) is 0 Å². The van der Waals surface area contributed by atoms with Gasteiger partial charge < -0.3 is 24.6 Å². The Morgan fingerprint density at radius 1 is 1.13 bits per heavy atom. The van der Waals surface area contributed by atoms with Crippen molar-refractivity contribution in [3.8, 4) is 11.6 Å². The lowest BCUT2D eigenvalue weighted by Gasteiger charge is -2.41. The van der Waals surface area contributed by atoms with E-state index in [4.69, 9.17) is 9.47 Å². The van der Waals surface area contributed by atoms with E-state index in [1.54, 1.807) is 6.07 Å². The molecule has 2 N–H and O–H groups in total. The van der Waals surface area contributed by atoms with Crippen LogP contribution in [0.1, 0.15) is 47.4 Å². The highest BCUT2D eigenvalue weighted by molar-refractivity contribution is 5.61. The van der Waals surface area contributed by atoms with E-state index < -0.39 is 40.9 Å². The quantitative estimate of drug-likeness (QED) is 0.488. The molecule has 7 rings (SSSR count). The van der Waals surface area contributed by atoms with Gasteiger partial charge in [0.05, 0.1) is 23.8 Å². The van der Waals surface area contributed by atoms with Crippen molar-refractivity contribution in [1.29, 1.82) is 0 Å². The molecule has 4 aliphatic rings. The van der Waals surface area contributed by atoms with Crippen molar-refractivity contribution in [2.45, 2.75) is 48.7 Å². The Kier molecular flexibility index (Phi) is 5.29. The molecule has 6 nitrogen and oxygen atoms in total. The van der Waals surface area contributed by atoms with E-state index in [2.05, 4.69) is 4.98 Å². The Morgan fingerprint density at radius 3 is 2.59 bits per heavy atom. The molecule has 3 heterocycles. The van der Waals surface area contributed by atoms with Crippen molar-refractivity contribution in [2.24, 2.45) is 11.8 Å². The first-order valence-electron chi connectivity index (χ1n) is 13.3. The molecule has 0 unspecified atom stereocenters. The average Bonchev–Trinajstić information content (AvgIpc) is 3.22. The molecule has 2 saturated carbocycles. The van der Waals surface area contributed by atoms with Crippen LogP contribution < -0.4 is 14.4 Å². The van der Waals surface area contributed by atoms with Crippen molar-refractivity contribution in [3.63, 3.8) is 0 Å². The fraction of sp³-hybridized carbons (Fsp3) is 0.433.